The SMILES string of the molecule is COC(=O)CCCCCCCS(=O)Cc1ccccc1. The van der Waals surface area contributed by atoms with Crippen LogP contribution < -0.4 is 0 Å². The van der Waals surface area contributed by atoms with Crippen molar-refractivity contribution >= 4 is 16.8 Å². The predicted octanol–water partition coefficient (Wildman–Crippen LogP) is 3.45. The predicted molar refractivity (Wildman–Crippen MR) is 82.9 cm³/mol. The molecule has 0 saturated heterocycles. The van der Waals surface area contributed by atoms with Crippen molar-refractivity contribution in [3.8, 4) is 0 Å². The Morgan fingerprint density at radius 2 is 1.70 bits per heavy atom. The first kappa shape index (κ1) is 16.9. The lowest BCUT2D eigenvalue weighted by Gasteiger charge is -2.03. The van der Waals surface area contributed by atoms with Gasteiger partial charge in [-0.05, 0) is 18.4 Å². The average molecular weight is 296 g/mol. The maximum absolute atomic E-state index is 11.9. The molecule has 20 heavy (non-hydrogen) atoms. The summed E-state index contributed by atoms with van der Waals surface area (Å²) in [6.45, 7) is 0. The Labute approximate surface area is 124 Å². The molecular formula is C16H24O3S. The summed E-state index contributed by atoms with van der Waals surface area (Å²) in [5.41, 5.74) is 1.14. The molecule has 0 aliphatic rings. The molecule has 0 bridgehead atoms. The molecule has 1 aromatic rings. The van der Waals surface area contributed by atoms with E-state index in [1.54, 1.807) is 0 Å². The van der Waals surface area contributed by atoms with Crippen LogP contribution in [0.4, 0.5) is 0 Å². The second kappa shape index (κ2) is 10.6. The summed E-state index contributed by atoms with van der Waals surface area (Å²) >= 11 is 0. The van der Waals surface area contributed by atoms with Crippen LogP contribution in [0.1, 0.15) is 44.1 Å². The van der Waals surface area contributed by atoms with E-state index in [9.17, 15) is 9.00 Å². The summed E-state index contributed by atoms with van der Waals surface area (Å²) < 4.78 is 16.5. The van der Waals surface area contributed by atoms with E-state index in [-0.39, 0.29) is 5.97 Å². The molecule has 0 aliphatic carbocycles. The summed E-state index contributed by atoms with van der Waals surface area (Å²) in [6, 6.07) is 9.97. The van der Waals surface area contributed by atoms with Crippen molar-refractivity contribution in [2.75, 3.05) is 12.9 Å². The highest BCUT2D eigenvalue weighted by Crippen LogP contribution is 2.08. The first-order valence-corrected chi connectivity index (χ1v) is 8.67. The fraction of sp³-hybridized carbons (Fsp3) is 0.562. The molecule has 4 heteroatoms. The zero-order chi connectivity index (χ0) is 14.6. The standard InChI is InChI=1S/C16H24O3S/c1-19-16(17)12-8-3-2-4-9-13-20(18)14-15-10-6-5-7-11-15/h5-7,10-11H,2-4,8-9,12-14H2,1H3. The highest BCUT2D eigenvalue weighted by atomic mass is 32.2. The van der Waals surface area contributed by atoms with Gasteiger partial charge in [0.1, 0.15) is 0 Å². The molecule has 0 radical (unpaired) electrons. The van der Waals surface area contributed by atoms with Crippen LogP contribution in [0, 0.1) is 0 Å². The molecule has 112 valence electrons. The van der Waals surface area contributed by atoms with Crippen LogP contribution in [-0.4, -0.2) is 23.0 Å². The van der Waals surface area contributed by atoms with Crippen molar-refractivity contribution in [1.82, 2.24) is 0 Å². The molecule has 1 atom stereocenters. The molecule has 0 fully saturated rings. The maximum atomic E-state index is 11.9. The van der Waals surface area contributed by atoms with Gasteiger partial charge in [-0.2, -0.15) is 0 Å². The third kappa shape index (κ3) is 8.10. The Bertz CT molecular complexity index is 403. The summed E-state index contributed by atoms with van der Waals surface area (Å²) in [5.74, 6) is 1.30. The fourth-order valence-corrected chi connectivity index (χ4v) is 3.23. The van der Waals surface area contributed by atoms with Gasteiger partial charge in [0.15, 0.2) is 0 Å². The second-order valence-electron chi connectivity index (χ2n) is 4.87. The Kier molecular flexibility index (Phi) is 8.96. The van der Waals surface area contributed by atoms with Crippen molar-refractivity contribution in [2.45, 2.75) is 44.3 Å². The highest BCUT2D eigenvalue weighted by molar-refractivity contribution is 7.84. The van der Waals surface area contributed by atoms with E-state index in [0.29, 0.717) is 12.2 Å². The van der Waals surface area contributed by atoms with Crippen molar-refractivity contribution in [1.29, 1.82) is 0 Å². The summed E-state index contributed by atoms with van der Waals surface area (Å²) in [6.07, 6.45) is 5.62. The lowest BCUT2D eigenvalue weighted by molar-refractivity contribution is -0.140. The van der Waals surface area contributed by atoms with Gasteiger partial charge in [0, 0.05) is 28.7 Å². The van der Waals surface area contributed by atoms with Gasteiger partial charge in [-0.3, -0.25) is 9.00 Å². The molecule has 0 spiro atoms. The molecule has 0 aromatic heterocycles. The molecule has 3 nitrogen and oxygen atoms in total. The van der Waals surface area contributed by atoms with Crippen molar-refractivity contribution in [2.24, 2.45) is 0 Å². The van der Waals surface area contributed by atoms with Crippen LogP contribution in [-0.2, 0) is 26.1 Å². The molecule has 1 aromatic carbocycles. The number of carbonyl (C=O) groups excluding carboxylic acids is 1. The summed E-state index contributed by atoms with van der Waals surface area (Å²) in [7, 11) is 0.660. The molecule has 0 N–H and O–H groups in total. The van der Waals surface area contributed by atoms with Gasteiger partial charge in [0.05, 0.1) is 7.11 Å². The summed E-state index contributed by atoms with van der Waals surface area (Å²) in [4.78, 5) is 10.9. The van der Waals surface area contributed by atoms with Crippen LogP contribution in [0.3, 0.4) is 0 Å². The van der Waals surface area contributed by atoms with Gasteiger partial charge in [-0.1, -0.05) is 49.6 Å². The van der Waals surface area contributed by atoms with Crippen molar-refractivity contribution in [3.05, 3.63) is 35.9 Å². The average Bonchev–Trinajstić information content (AvgIpc) is 2.47. The molecule has 0 aliphatic heterocycles. The van der Waals surface area contributed by atoms with Gasteiger partial charge in [0.25, 0.3) is 0 Å². The second-order valence-corrected chi connectivity index (χ2v) is 6.44. The summed E-state index contributed by atoms with van der Waals surface area (Å²) in [5, 5.41) is 0. The number of benzene rings is 1. The third-order valence-corrected chi connectivity index (χ3v) is 4.55. The zero-order valence-electron chi connectivity index (χ0n) is 12.2. The minimum atomic E-state index is -0.761. The molecular weight excluding hydrogens is 272 g/mol. The number of carbonyl (C=O) groups is 1. The zero-order valence-corrected chi connectivity index (χ0v) is 13.0. The van der Waals surface area contributed by atoms with E-state index in [2.05, 4.69) is 4.74 Å². The minimum absolute atomic E-state index is 0.131. The van der Waals surface area contributed by atoms with E-state index in [4.69, 9.17) is 0 Å². The quantitative estimate of drug-likeness (QED) is 0.490. The minimum Gasteiger partial charge on any atom is -0.469 e. The largest absolute Gasteiger partial charge is 0.469 e. The van der Waals surface area contributed by atoms with E-state index >= 15 is 0 Å². The van der Waals surface area contributed by atoms with Gasteiger partial charge < -0.3 is 4.74 Å². The van der Waals surface area contributed by atoms with Crippen LogP contribution in [0.25, 0.3) is 0 Å². The van der Waals surface area contributed by atoms with Gasteiger partial charge in [0.2, 0.25) is 0 Å². The van der Waals surface area contributed by atoms with E-state index in [1.807, 2.05) is 30.3 Å². The Morgan fingerprint density at radius 1 is 1.05 bits per heavy atom. The first-order valence-electron chi connectivity index (χ1n) is 7.18. The van der Waals surface area contributed by atoms with Gasteiger partial charge in [-0.15, -0.1) is 0 Å². The number of rotatable bonds is 10. The molecule has 0 heterocycles. The monoisotopic (exact) mass is 296 g/mol. The van der Waals surface area contributed by atoms with E-state index in [1.165, 1.54) is 7.11 Å². The van der Waals surface area contributed by atoms with Crippen LogP contribution >= 0.6 is 0 Å². The molecule has 0 saturated carbocycles. The third-order valence-electron chi connectivity index (χ3n) is 3.15. The van der Waals surface area contributed by atoms with E-state index < -0.39 is 10.8 Å². The highest BCUT2D eigenvalue weighted by Gasteiger charge is 2.02. The van der Waals surface area contributed by atoms with Crippen molar-refractivity contribution in [3.63, 3.8) is 0 Å². The van der Waals surface area contributed by atoms with Gasteiger partial charge >= 0.3 is 5.97 Å². The van der Waals surface area contributed by atoms with Crippen molar-refractivity contribution < 1.29 is 13.7 Å². The van der Waals surface area contributed by atoms with E-state index in [0.717, 1.165) is 43.4 Å². The first-order chi connectivity index (χ1) is 9.72. The molecule has 1 unspecified atom stereocenters. The fourth-order valence-electron chi connectivity index (χ4n) is 2.00. The molecule has 0 amide bonds. The van der Waals surface area contributed by atoms with Crippen LogP contribution in [0.5, 0.6) is 0 Å². The number of ether oxygens (including phenoxy) is 1. The number of hydrogen-bond acceptors (Lipinski definition) is 3. The lowest BCUT2D eigenvalue weighted by Crippen LogP contribution is -2.01. The van der Waals surface area contributed by atoms with Crippen LogP contribution in [0.2, 0.25) is 0 Å². The topological polar surface area (TPSA) is 43.4 Å². The van der Waals surface area contributed by atoms with Gasteiger partial charge in [-0.25, -0.2) is 0 Å². The number of methoxy groups -OCH3 is 1. The smallest absolute Gasteiger partial charge is 0.305 e. The number of hydrogen-bond donors (Lipinski definition) is 0. The number of unbranched alkanes of at least 4 members (excludes halogenated alkanes) is 4. The maximum Gasteiger partial charge on any atom is 0.305 e. The Balaban J connectivity index is 1.98. The number of esters is 1. The normalized spacial score (nSPS) is 12.1. The molecule has 1 rings (SSSR count). The Morgan fingerprint density at radius 3 is 2.40 bits per heavy atom. The lowest BCUT2D eigenvalue weighted by atomic mass is 10.1. The Hall–Kier alpha value is -1.16. The van der Waals surface area contributed by atoms with Crippen LogP contribution in [0.15, 0.2) is 30.3 Å².